The molecule has 0 amide bonds. The van der Waals surface area contributed by atoms with E-state index in [-0.39, 0.29) is 5.56 Å². The van der Waals surface area contributed by atoms with Crippen molar-refractivity contribution in [2.75, 3.05) is 0 Å². The third kappa shape index (κ3) is 1.95. The summed E-state index contributed by atoms with van der Waals surface area (Å²) >= 11 is 0. The fourth-order valence-corrected chi connectivity index (χ4v) is 2.06. The van der Waals surface area contributed by atoms with E-state index in [9.17, 15) is 4.79 Å². The number of rotatable bonds is 2. The van der Waals surface area contributed by atoms with Crippen LogP contribution in [0, 0.1) is 11.3 Å². The molecule has 1 aromatic carbocycles. The van der Waals surface area contributed by atoms with E-state index in [0.29, 0.717) is 23.1 Å². The second kappa shape index (κ2) is 4.63. The summed E-state index contributed by atoms with van der Waals surface area (Å²) in [4.78, 5) is 16.5. The van der Waals surface area contributed by atoms with Gasteiger partial charge < -0.3 is 0 Å². The van der Waals surface area contributed by atoms with Crippen molar-refractivity contribution in [1.29, 1.82) is 5.26 Å². The van der Waals surface area contributed by atoms with Crippen LogP contribution in [0.2, 0.25) is 0 Å². The van der Waals surface area contributed by atoms with Gasteiger partial charge in [-0.05, 0) is 17.7 Å². The quantitative estimate of drug-likeness (QED) is 0.694. The van der Waals surface area contributed by atoms with Crippen molar-refractivity contribution in [3.8, 4) is 6.07 Å². The molecule has 3 rings (SSSR count). The molecule has 0 saturated carbocycles. The minimum Gasteiger partial charge on any atom is -0.294 e. The molecule has 3 aromatic rings. The predicted octanol–water partition coefficient (Wildman–Crippen LogP) is 1.05. The van der Waals surface area contributed by atoms with E-state index in [1.165, 1.54) is 17.1 Å². The second-order valence-corrected chi connectivity index (χ2v) is 4.49. The monoisotopic (exact) mass is 265 g/mol. The summed E-state index contributed by atoms with van der Waals surface area (Å²) in [5, 5.41) is 13.3. The number of nitriles is 1. The van der Waals surface area contributed by atoms with E-state index >= 15 is 0 Å². The van der Waals surface area contributed by atoms with Crippen LogP contribution in [-0.2, 0) is 13.6 Å². The largest absolute Gasteiger partial charge is 0.294 e. The maximum atomic E-state index is 12.3. The molecule has 0 N–H and O–H groups in total. The molecule has 20 heavy (non-hydrogen) atoms. The van der Waals surface area contributed by atoms with Crippen molar-refractivity contribution in [3.05, 3.63) is 58.3 Å². The molecule has 0 fully saturated rings. The molecule has 0 aliphatic rings. The number of fused-ring (bicyclic) bond motifs is 1. The summed E-state index contributed by atoms with van der Waals surface area (Å²) in [5.41, 5.74) is 2.00. The lowest BCUT2D eigenvalue weighted by molar-refractivity contribution is 0.737. The Labute approximate surface area is 114 Å². The van der Waals surface area contributed by atoms with Gasteiger partial charge in [-0.15, -0.1) is 0 Å². The Bertz CT molecular complexity index is 867. The zero-order valence-electron chi connectivity index (χ0n) is 10.8. The fourth-order valence-electron chi connectivity index (χ4n) is 2.06. The van der Waals surface area contributed by atoms with Gasteiger partial charge in [0, 0.05) is 7.05 Å². The van der Waals surface area contributed by atoms with Crippen LogP contribution in [-0.4, -0.2) is 19.3 Å². The first-order valence-corrected chi connectivity index (χ1v) is 6.05. The van der Waals surface area contributed by atoms with E-state index < -0.39 is 0 Å². The zero-order valence-corrected chi connectivity index (χ0v) is 10.8. The van der Waals surface area contributed by atoms with Gasteiger partial charge in [0.1, 0.15) is 11.7 Å². The average Bonchev–Trinajstić information content (AvgIpc) is 2.85. The van der Waals surface area contributed by atoms with Crippen LogP contribution in [0.4, 0.5) is 0 Å². The first kappa shape index (κ1) is 12.1. The minimum atomic E-state index is -0.118. The van der Waals surface area contributed by atoms with Gasteiger partial charge in [0.15, 0.2) is 5.65 Å². The first-order chi connectivity index (χ1) is 9.69. The minimum absolute atomic E-state index is 0.118. The lowest BCUT2D eigenvalue weighted by Gasteiger charge is -2.05. The summed E-state index contributed by atoms with van der Waals surface area (Å²) in [6, 6.07) is 9.19. The highest BCUT2D eigenvalue weighted by Gasteiger charge is 2.08. The van der Waals surface area contributed by atoms with E-state index in [1.807, 2.05) is 12.1 Å². The van der Waals surface area contributed by atoms with Crippen molar-refractivity contribution in [2.45, 2.75) is 6.54 Å². The molecule has 6 nitrogen and oxygen atoms in total. The van der Waals surface area contributed by atoms with Crippen molar-refractivity contribution >= 4 is 11.0 Å². The van der Waals surface area contributed by atoms with Crippen LogP contribution >= 0.6 is 0 Å². The molecule has 0 saturated heterocycles. The van der Waals surface area contributed by atoms with E-state index in [2.05, 4.69) is 16.2 Å². The number of benzene rings is 1. The van der Waals surface area contributed by atoms with Gasteiger partial charge in [-0.2, -0.15) is 10.4 Å². The summed E-state index contributed by atoms with van der Waals surface area (Å²) < 4.78 is 3.11. The number of nitrogens with zero attached hydrogens (tertiary/aromatic N) is 5. The molecular weight excluding hydrogens is 254 g/mol. The Balaban J connectivity index is 2.00. The summed E-state index contributed by atoms with van der Waals surface area (Å²) in [7, 11) is 1.75. The van der Waals surface area contributed by atoms with E-state index in [0.717, 1.165) is 5.56 Å². The molecule has 2 aromatic heterocycles. The van der Waals surface area contributed by atoms with Gasteiger partial charge >= 0.3 is 0 Å². The van der Waals surface area contributed by atoms with Gasteiger partial charge in [0.25, 0.3) is 5.56 Å². The Kier molecular flexibility index (Phi) is 2.80. The van der Waals surface area contributed by atoms with E-state index in [4.69, 9.17) is 5.26 Å². The van der Waals surface area contributed by atoms with Crippen molar-refractivity contribution in [3.63, 3.8) is 0 Å². The van der Waals surface area contributed by atoms with Gasteiger partial charge in [-0.25, -0.2) is 4.98 Å². The molecule has 98 valence electrons. The third-order valence-corrected chi connectivity index (χ3v) is 3.15. The van der Waals surface area contributed by atoms with Gasteiger partial charge in [-0.3, -0.25) is 14.0 Å². The Morgan fingerprint density at radius 2 is 2.05 bits per heavy atom. The van der Waals surface area contributed by atoms with Gasteiger partial charge in [0.05, 0.1) is 24.4 Å². The summed E-state index contributed by atoms with van der Waals surface area (Å²) in [6.07, 6.45) is 3.05. The molecular formula is C14H11N5O. The highest BCUT2D eigenvalue weighted by Crippen LogP contribution is 2.07. The van der Waals surface area contributed by atoms with Crippen LogP contribution < -0.4 is 5.56 Å². The molecule has 0 aliphatic carbocycles. The predicted molar refractivity (Wildman–Crippen MR) is 73.0 cm³/mol. The Morgan fingerprint density at radius 3 is 2.75 bits per heavy atom. The topological polar surface area (TPSA) is 76.5 Å². The summed E-state index contributed by atoms with van der Waals surface area (Å²) in [5.74, 6) is 0. The zero-order chi connectivity index (χ0) is 14.1. The highest BCUT2D eigenvalue weighted by molar-refractivity contribution is 5.72. The number of aryl methyl sites for hydroxylation is 1. The fraction of sp³-hybridized carbons (Fsp3) is 0.143. The molecule has 0 unspecified atom stereocenters. The lowest BCUT2D eigenvalue weighted by Crippen LogP contribution is -2.21. The maximum Gasteiger partial charge on any atom is 0.264 e. The second-order valence-electron chi connectivity index (χ2n) is 4.49. The van der Waals surface area contributed by atoms with Gasteiger partial charge in [-0.1, -0.05) is 12.1 Å². The van der Waals surface area contributed by atoms with Crippen molar-refractivity contribution in [1.82, 2.24) is 19.3 Å². The molecule has 2 heterocycles. The van der Waals surface area contributed by atoms with Crippen LogP contribution in [0.5, 0.6) is 0 Å². The summed E-state index contributed by atoms with van der Waals surface area (Å²) in [6.45, 7) is 0.419. The molecule has 6 heteroatoms. The smallest absolute Gasteiger partial charge is 0.264 e. The molecule has 0 spiro atoms. The first-order valence-electron chi connectivity index (χ1n) is 6.05. The number of hydrogen-bond acceptors (Lipinski definition) is 4. The molecule has 0 radical (unpaired) electrons. The van der Waals surface area contributed by atoms with E-state index in [1.54, 1.807) is 23.9 Å². The van der Waals surface area contributed by atoms with Crippen molar-refractivity contribution < 1.29 is 0 Å². The highest BCUT2D eigenvalue weighted by atomic mass is 16.1. The normalized spacial score (nSPS) is 10.6. The van der Waals surface area contributed by atoms with Crippen LogP contribution in [0.1, 0.15) is 11.1 Å². The van der Waals surface area contributed by atoms with Crippen LogP contribution in [0.15, 0.2) is 41.6 Å². The molecule has 0 aliphatic heterocycles. The lowest BCUT2D eigenvalue weighted by atomic mass is 10.1. The number of aromatic nitrogens is 4. The third-order valence-electron chi connectivity index (χ3n) is 3.15. The Morgan fingerprint density at radius 1 is 1.30 bits per heavy atom. The number of hydrogen-bond donors (Lipinski definition) is 0. The average molecular weight is 265 g/mol. The molecule has 0 atom stereocenters. The standard InChI is InChI=1S/C14H11N5O/c1-18-13-12(7-17-18)14(20)19(9-16-13)8-11-4-2-10(6-15)3-5-11/h2-5,7,9H,8H2,1H3. The van der Waals surface area contributed by atoms with Gasteiger partial charge in [0.2, 0.25) is 0 Å². The SMILES string of the molecule is Cn1ncc2c(=O)n(Cc3ccc(C#N)cc3)cnc21. The molecule has 0 bridgehead atoms. The van der Waals surface area contributed by atoms with Crippen molar-refractivity contribution in [2.24, 2.45) is 7.05 Å². The van der Waals surface area contributed by atoms with Crippen LogP contribution in [0.25, 0.3) is 11.0 Å². The van der Waals surface area contributed by atoms with Crippen LogP contribution in [0.3, 0.4) is 0 Å². The Hall–Kier alpha value is -2.94. The maximum absolute atomic E-state index is 12.3.